The summed E-state index contributed by atoms with van der Waals surface area (Å²) < 4.78 is 27.8. The summed E-state index contributed by atoms with van der Waals surface area (Å²) in [5, 5.41) is 5.55. The zero-order valence-corrected chi connectivity index (χ0v) is 19.3. The SMILES string of the molecule is CC(=O)Nc1ccc(NC(=O)c2cccc(S(=O)(=O)N3CC(C)CC(C)C3)c2)c(Cl)c1. The molecule has 3 rings (SSSR count). The normalized spacial score (nSPS) is 19.6. The third-order valence-corrected chi connectivity index (χ3v) is 7.25. The molecule has 2 amide bonds. The second-order valence-corrected chi connectivity index (χ2v) is 10.5. The lowest BCUT2D eigenvalue weighted by molar-refractivity contribution is -0.114. The van der Waals surface area contributed by atoms with Gasteiger partial charge in [-0.3, -0.25) is 9.59 Å². The molecule has 2 unspecified atom stereocenters. The molecule has 0 aliphatic carbocycles. The molecular formula is C22H26ClN3O4S. The van der Waals surface area contributed by atoms with Gasteiger partial charge in [0.05, 0.1) is 15.6 Å². The minimum absolute atomic E-state index is 0.0913. The zero-order chi connectivity index (χ0) is 22.8. The summed E-state index contributed by atoms with van der Waals surface area (Å²) in [5.41, 5.74) is 1.07. The second kappa shape index (κ2) is 9.38. The van der Waals surface area contributed by atoms with Crippen LogP contribution in [0.25, 0.3) is 0 Å². The highest BCUT2D eigenvalue weighted by Crippen LogP contribution is 2.28. The molecule has 2 aromatic rings. The summed E-state index contributed by atoms with van der Waals surface area (Å²) in [6.45, 7) is 6.42. The van der Waals surface area contributed by atoms with Gasteiger partial charge in [0, 0.05) is 31.3 Å². The molecule has 1 aliphatic rings. The van der Waals surface area contributed by atoms with Gasteiger partial charge in [-0.25, -0.2) is 8.42 Å². The largest absolute Gasteiger partial charge is 0.326 e. The van der Waals surface area contributed by atoms with E-state index in [9.17, 15) is 18.0 Å². The lowest BCUT2D eigenvalue weighted by atomic mass is 9.94. The average Bonchev–Trinajstić information content (AvgIpc) is 2.69. The summed E-state index contributed by atoms with van der Waals surface area (Å²) in [4.78, 5) is 24.0. The second-order valence-electron chi connectivity index (χ2n) is 8.13. The van der Waals surface area contributed by atoms with E-state index < -0.39 is 15.9 Å². The third kappa shape index (κ3) is 5.64. The molecule has 2 atom stereocenters. The Bertz CT molecular complexity index is 1090. The molecule has 0 bridgehead atoms. The number of rotatable bonds is 5. The van der Waals surface area contributed by atoms with Crippen molar-refractivity contribution in [1.82, 2.24) is 4.31 Å². The Morgan fingerprint density at radius 2 is 1.71 bits per heavy atom. The monoisotopic (exact) mass is 463 g/mol. The molecule has 1 fully saturated rings. The van der Waals surface area contributed by atoms with Crippen molar-refractivity contribution in [2.24, 2.45) is 11.8 Å². The number of benzene rings is 2. The predicted octanol–water partition coefficient (Wildman–Crippen LogP) is 4.22. The third-order valence-electron chi connectivity index (χ3n) is 5.11. The van der Waals surface area contributed by atoms with Gasteiger partial charge in [-0.15, -0.1) is 0 Å². The van der Waals surface area contributed by atoms with Crippen LogP contribution >= 0.6 is 11.6 Å². The number of sulfonamides is 1. The molecule has 0 radical (unpaired) electrons. The highest BCUT2D eigenvalue weighted by Gasteiger charge is 2.32. The van der Waals surface area contributed by atoms with Crippen molar-refractivity contribution >= 4 is 44.8 Å². The molecule has 7 nitrogen and oxygen atoms in total. The summed E-state index contributed by atoms with van der Waals surface area (Å²) in [5.74, 6) is -0.143. The van der Waals surface area contributed by atoms with Crippen molar-refractivity contribution in [2.75, 3.05) is 23.7 Å². The fourth-order valence-corrected chi connectivity index (χ4v) is 5.79. The topological polar surface area (TPSA) is 95.6 Å². The van der Waals surface area contributed by atoms with Crippen molar-refractivity contribution in [3.05, 3.63) is 53.1 Å². The van der Waals surface area contributed by atoms with Gasteiger partial charge in [0.25, 0.3) is 5.91 Å². The van der Waals surface area contributed by atoms with Crippen molar-refractivity contribution < 1.29 is 18.0 Å². The lowest BCUT2D eigenvalue weighted by Crippen LogP contribution is -2.42. The van der Waals surface area contributed by atoms with Crippen LogP contribution in [-0.2, 0) is 14.8 Å². The van der Waals surface area contributed by atoms with Crippen LogP contribution in [0, 0.1) is 11.8 Å². The molecule has 1 heterocycles. The quantitative estimate of drug-likeness (QED) is 0.694. The molecule has 1 saturated heterocycles. The molecule has 0 aromatic heterocycles. The number of anilines is 2. The van der Waals surface area contributed by atoms with Crippen LogP contribution in [0.2, 0.25) is 5.02 Å². The molecule has 0 spiro atoms. The van der Waals surface area contributed by atoms with E-state index in [1.165, 1.54) is 29.4 Å². The summed E-state index contributed by atoms with van der Waals surface area (Å²) in [7, 11) is -3.70. The van der Waals surface area contributed by atoms with Gasteiger partial charge < -0.3 is 10.6 Å². The maximum Gasteiger partial charge on any atom is 0.255 e. The fourth-order valence-electron chi connectivity index (χ4n) is 3.84. The molecule has 1 aliphatic heterocycles. The molecule has 2 N–H and O–H groups in total. The molecule has 31 heavy (non-hydrogen) atoms. The van der Waals surface area contributed by atoms with E-state index in [0.717, 1.165) is 6.42 Å². The van der Waals surface area contributed by atoms with Crippen molar-refractivity contribution in [1.29, 1.82) is 0 Å². The summed E-state index contributed by atoms with van der Waals surface area (Å²) in [6.07, 6.45) is 0.996. The first-order chi connectivity index (χ1) is 14.6. The number of piperidine rings is 1. The van der Waals surface area contributed by atoms with Gasteiger partial charge in [-0.1, -0.05) is 31.5 Å². The Kier molecular flexibility index (Phi) is 7.03. The average molecular weight is 464 g/mol. The van der Waals surface area contributed by atoms with Crippen molar-refractivity contribution in [2.45, 2.75) is 32.1 Å². The summed E-state index contributed by atoms with van der Waals surface area (Å²) in [6, 6.07) is 10.7. The Labute approximate surface area is 187 Å². The number of hydrogen-bond acceptors (Lipinski definition) is 4. The first-order valence-corrected chi connectivity index (χ1v) is 11.9. The Balaban J connectivity index is 1.80. The highest BCUT2D eigenvalue weighted by atomic mass is 35.5. The van der Waals surface area contributed by atoms with E-state index in [1.54, 1.807) is 24.3 Å². The first kappa shape index (κ1) is 23.2. The molecule has 9 heteroatoms. The van der Waals surface area contributed by atoms with Gasteiger partial charge in [0.2, 0.25) is 15.9 Å². The van der Waals surface area contributed by atoms with Crippen LogP contribution in [0.5, 0.6) is 0 Å². The minimum atomic E-state index is -3.70. The standard InChI is InChI=1S/C22H26ClN3O4S/c1-14-9-15(2)13-26(12-14)31(29,30)19-6-4-5-17(10-19)22(28)25-21-8-7-18(11-20(21)23)24-16(3)27/h4-8,10-11,14-15H,9,12-13H2,1-3H3,(H,24,27)(H,25,28). The van der Waals surface area contributed by atoms with Crippen LogP contribution in [0.4, 0.5) is 11.4 Å². The minimum Gasteiger partial charge on any atom is -0.326 e. The number of nitrogens with zero attached hydrogens (tertiary/aromatic N) is 1. The van der Waals surface area contributed by atoms with E-state index >= 15 is 0 Å². The van der Waals surface area contributed by atoms with Gasteiger partial charge in [0.1, 0.15) is 0 Å². The van der Waals surface area contributed by atoms with E-state index in [-0.39, 0.29) is 33.2 Å². The molecule has 0 saturated carbocycles. The van der Waals surface area contributed by atoms with Gasteiger partial charge in [-0.2, -0.15) is 4.31 Å². The molecular weight excluding hydrogens is 438 g/mol. The smallest absolute Gasteiger partial charge is 0.255 e. The van der Waals surface area contributed by atoms with Crippen LogP contribution in [0.1, 0.15) is 37.6 Å². The van der Waals surface area contributed by atoms with Crippen LogP contribution in [-0.4, -0.2) is 37.6 Å². The number of hydrogen-bond donors (Lipinski definition) is 2. The first-order valence-electron chi connectivity index (χ1n) is 10.0. The Morgan fingerprint density at radius 3 is 2.32 bits per heavy atom. The van der Waals surface area contributed by atoms with Gasteiger partial charge in [0.15, 0.2) is 0 Å². The Hall–Kier alpha value is -2.42. The predicted molar refractivity (Wildman–Crippen MR) is 122 cm³/mol. The van der Waals surface area contributed by atoms with Gasteiger partial charge in [-0.05, 0) is 54.7 Å². The summed E-state index contributed by atoms with van der Waals surface area (Å²) >= 11 is 6.21. The zero-order valence-electron chi connectivity index (χ0n) is 17.7. The van der Waals surface area contributed by atoms with Crippen molar-refractivity contribution in [3.8, 4) is 0 Å². The van der Waals surface area contributed by atoms with Crippen LogP contribution < -0.4 is 10.6 Å². The maximum atomic E-state index is 13.1. The number of carbonyl (C=O) groups is 2. The van der Waals surface area contributed by atoms with Crippen LogP contribution in [0.3, 0.4) is 0 Å². The number of halogens is 1. The molecule has 166 valence electrons. The number of carbonyl (C=O) groups excluding carboxylic acids is 2. The van der Waals surface area contributed by atoms with Crippen LogP contribution in [0.15, 0.2) is 47.4 Å². The molecule has 2 aromatic carbocycles. The van der Waals surface area contributed by atoms with E-state index in [1.807, 2.05) is 13.8 Å². The highest BCUT2D eigenvalue weighted by molar-refractivity contribution is 7.89. The van der Waals surface area contributed by atoms with E-state index in [4.69, 9.17) is 11.6 Å². The number of amides is 2. The van der Waals surface area contributed by atoms with E-state index in [2.05, 4.69) is 10.6 Å². The van der Waals surface area contributed by atoms with Gasteiger partial charge >= 0.3 is 0 Å². The fraction of sp³-hybridized carbons (Fsp3) is 0.364. The maximum absolute atomic E-state index is 13.1. The lowest BCUT2D eigenvalue weighted by Gasteiger charge is -2.34. The van der Waals surface area contributed by atoms with Crippen molar-refractivity contribution in [3.63, 3.8) is 0 Å². The number of nitrogens with one attached hydrogen (secondary N) is 2. The van der Waals surface area contributed by atoms with E-state index in [0.29, 0.717) is 24.5 Å². The Morgan fingerprint density at radius 1 is 1.03 bits per heavy atom.